The standard InChI is InChI=1S/C19H12F3N5O3S/c1-10-14(31-17(25-10)16-23-6-3-7-24-16)18(28)29-9-13-26-15(27-30-13)11-4-2-5-12(8-11)19(20,21)22/h2-8H,9H2,1H3. The number of hydrogen-bond donors (Lipinski definition) is 0. The normalized spacial score (nSPS) is 11.5. The molecule has 3 heterocycles. The maximum absolute atomic E-state index is 12.9. The average Bonchev–Trinajstić information content (AvgIpc) is 3.39. The second-order valence-electron chi connectivity index (χ2n) is 6.17. The fourth-order valence-corrected chi connectivity index (χ4v) is 3.46. The van der Waals surface area contributed by atoms with E-state index in [4.69, 9.17) is 9.26 Å². The van der Waals surface area contributed by atoms with Gasteiger partial charge in [-0.3, -0.25) is 0 Å². The van der Waals surface area contributed by atoms with Crippen LogP contribution in [0.15, 0.2) is 47.2 Å². The van der Waals surface area contributed by atoms with Crippen molar-refractivity contribution in [2.75, 3.05) is 0 Å². The number of carbonyl (C=O) groups excluding carboxylic acids is 1. The molecule has 0 fully saturated rings. The number of aryl methyl sites for hydroxylation is 1. The van der Waals surface area contributed by atoms with Crippen molar-refractivity contribution in [3.05, 3.63) is 64.8 Å². The highest BCUT2D eigenvalue weighted by Crippen LogP contribution is 2.31. The first kappa shape index (κ1) is 20.6. The molecule has 0 spiro atoms. The lowest BCUT2D eigenvalue weighted by molar-refractivity contribution is -0.137. The minimum Gasteiger partial charge on any atom is -0.451 e. The number of halogens is 3. The highest BCUT2D eigenvalue weighted by molar-refractivity contribution is 7.16. The summed E-state index contributed by atoms with van der Waals surface area (Å²) in [5.41, 5.74) is -0.253. The van der Waals surface area contributed by atoms with Crippen LogP contribution < -0.4 is 0 Å². The number of ether oxygens (including phenoxy) is 1. The van der Waals surface area contributed by atoms with Crippen molar-refractivity contribution in [2.24, 2.45) is 0 Å². The minimum atomic E-state index is -4.49. The minimum absolute atomic E-state index is 0.0466. The van der Waals surface area contributed by atoms with E-state index in [1.807, 2.05) is 0 Å². The quantitative estimate of drug-likeness (QED) is 0.416. The van der Waals surface area contributed by atoms with Gasteiger partial charge in [0, 0.05) is 18.0 Å². The molecule has 1 aromatic carbocycles. The molecular formula is C19H12F3N5O3S. The Morgan fingerprint density at radius 1 is 1.13 bits per heavy atom. The number of thiazole rings is 1. The van der Waals surface area contributed by atoms with Gasteiger partial charge in [-0.25, -0.2) is 19.7 Å². The summed E-state index contributed by atoms with van der Waals surface area (Å²) < 4.78 is 48.8. The van der Waals surface area contributed by atoms with Gasteiger partial charge in [0.05, 0.1) is 11.3 Å². The van der Waals surface area contributed by atoms with Gasteiger partial charge in [0.2, 0.25) is 5.82 Å². The van der Waals surface area contributed by atoms with E-state index in [2.05, 4.69) is 25.1 Å². The van der Waals surface area contributed by atoms with Gasteiger partial charge in [-0.2, -0.15) is 18.2 Å². The average molecular weight is 447 g/mol. The molecule has 0 atom stereocenters. The lowest BCUT2D eigenvalue weighted by atomic mass is 10.1. The first-order valence-electron chi connectivity index (χ1n) is 8.73. The molecule has 0 aliphatic rings. The third kappa shape index (κ3) is 4.58. The van der Waals surface area contributed by atoms with E-state index in [0.29, 0.717) is 16.5 Å². The number of hydrogen-bond acceptors (Lipinski definition) is 9. The molecule has 158 valence electrons. The zero-order valence-electron chi connectivity index (χ0n) is 15.8. The van der Waals surface area contributed by atoms with Crippen LogP contribution in [0.2, 0.25) is 0 Å². The van der Waals surface area contributed by atoms with Crippen LogP contribution in [-0.2, 0) is 17.5 Å². The highest BCUT2D eigenvalue weighted by Gasteiger charge is 2.30. The summed E-state index contributed by atoms with van der Waals surface area (Å²) in [5.74, 6) is -0.377. The van der Waals surface area contributed by atoms with Gasteiger partial charge in [0.1, 0.15) is 4.88 Å². The predicted molar refractivity (Wildman–Crippen MR) is 102 cm³/mol. The molecule has 4 aromatic rings. The van der Waals surface area contributed by atoms with E-state index in [0.717, 1.165) is 23.5 Å². The highest BCUT2D eigenvalue weighted by atomic mass is 32.1. The molecular weight excluding hydrogens is 435 g/mol. The summed E-state index contributed by atoms with van der Waals surface area (Å²) in [5, 5.41) is 4.12. The van der Waals surface area contributed by atoms with Crippen molar-refractivity contribution in [3.63, 3.8) is 0 Å². The number of esters is 1. The van der Waals surface area contributed by atoms with Gasteiger partial charge in [0.25, 0.3) is 5.89 Å². The Balaban J connectivity index is 1.45. The van der Waals surface area contributed by atoms with Gasteiger partial charge >= 0.3 is 12.1 Å². The largest absolute Gasteiger partial charge is 0.451 e. The summed E-state index contributed by atoms with van der Waals surface area (Å²) in [4.78, 5) is 29.1. The van der Waals surface area contributed by atoms with Gasteiger partial charge < -0.3 is 9.26 Å². The summed E-state index contributed by atoms with van der Waals surface area (Å²) in [6.45, 7) is 1.30. The first-order chi connectivity index (χ1) is 14.8. The second kappa shape index (κ2) is 8.22. The third-order valence-corrected chi connectivity index (χ3v) is 5.12. The molecule has 0 unspecified atom stereocenters. The zero-order chi connectivity index (χ0) is 22.0. The monoisotopic (exact) mass is 447 g/mol. The molecule has 0 bridgehead atoms. The van der Waals surface area contributed by atoms with E-state index < -0.39 is 17.7 Å². The molecule has 12 heteroatoms. The van der Waals surface area contributed by atoms with E-state index >= 15 is 0 Å². The van der Waals surface area contributed by atoms with Crippen molar-refractivity contribution in [3.8, 4) is 22.2 Å². The third-order valence-electron chi connectivity index (χ3n) is 3.98. The van der Waals surface area contributed by atoms with Crippen molar-refractivity contribution in [1.82, 2.24) is 25.1 Å². The van der Waals surface area contributed by atoms with E-state index in [1.54, 1.807) is 25.4 Å². The number of nitrogens with zero attached hydrogens (tertiary/aromatic N) is 5. The Hall–Kier alpha value is -3.67. The molecule has 3 aromatic heterocycles. The lowest BCUT2D eigenvalue weighted by Crippen LogP contribution is -2.05. The molecule has 4 rings (SSSR count). The van der Waals surface area contributed by atoms with Crippen LogP contribution in [0.4, 0.5) is 13.2 Å². The van der Waals surface area contributed by atoms with Crippen LogP contribution in [0.3, 0.4) is 0 Å². The number of aromatic nitrogens is 5. The Morgan fingerprint density at radius 3 is 2.65 bits per heavy atom. The number of rotatable bonds is 5. The van der Waals surface area contributed by atoms with Crippen LogP contribution in [0.1, 0.15) is 26.8 Å². The Bertz CT molecular complexity index is 1220. The smallest absolute Gasteiger partial charge is 0.416 e. The molecule has 0 saturated carbocycles. The number of alkyl halides is 3. The van der Waals surface area contributed by atoms with Crippen LogP contribution in [0, 0.1) is 6.92 Å². The molecule has 0 aliphatic heterocycles. The fourth-order valence-electron chi connectivity index (χ4n) is 2.55. The summed E-state index contributed by atoms with van der Waals surface area (Å²) >= 11 is 1.08. The Labute approximate surface area is 176 Å². The summed E-state index contributed by atoms with van der Waals surface area (Å²) in [7, 11) is 0. The number of benzene rings is 1. The summed E-state index contributed by atoms with van der Waals surface area (Å²) in [6.07, 6.45) is -1.36. The molecule has 31 heavy (non-hydrogen) atoms. The molecule has 0 radical (unpaired) electrons. The molecule has 0 N–H and O–H groups in total. The van der Waals surface area contributed by atoms with Crippen LogP contribution in [0.25, 0.3) is 22.2 Å². The number of carbonyl (C=O) groups is 1. The second-order valence-corrected chi connectivity index (χ2v) is 7.17. The maximum Gasteiger partial charge on any atom is 0.416 e. The van der Waals surface area contributed by atoms with Crippen molar-refractivity contribution < 1.29 is 27.2 Å². The Kier molecular flexibility index (Phi) is 5.46. The molecule has 0 saturated heterocycles. The van der Waals surface area contributed by atoms with Gasteiger partial charge in [-0.05, 0) is 25.1 Å². The van der Waals surface area contributed by atoms with E-state index in [1.165, 1.54) is 12.1 Å². The lowest BCUT2D eigenvalue weighted by Gasteiger charge is -2.06. The van der Waals surface area contributed by atoms with Crippen molar-refractivity contribution in [1.29, 1.82) is 0 Å². The van der Waals surface area contributed by atoms with Crippen LogP contribution >= 0.6 is 11.3 Å². The topological polar surface area (TPSA) is 104 Å². The van der Waals surface area contributed by atoms with Crippen molar-refractivity contribution >= 4 is 17.3 Å². The van der Waals surface area contributed by atoms with E-state index in [9.17, 15) is 18.0 Å². The Morgan fingerprint density at radius 2 is 1.90 bits per heavy atom. The van der Waals surface area contributed by atoms with Crippen LogP contribution in [-0.4, -0.2) is 31.1 Å². The summed E-state index contributed by atoms with van der Waals surface area (Å²) in [6, 6.07) is 6.18. The van der Waals surface area contributed by atoms with Crippen LogP contribution in [0.5, 0.6) is 0 Å². The maximum atomic E-state index is 12.9. The molecule has 0 aliphatic carbocycles. The van der Waals surface area contributed by atoms with E-state index in [-0.39, 0.29) is 28.8 Å². The molecule has 0 amide bonds. The molecule has 8 nitrogen and oxygen atoms in total. The van der Waals surface area contributed by atoms with Gasteiger partial charge in [-0.1, -0.05) is 17.3 Å². The fraction of sp³-hybridized carbons (Fsp3) is 0.158. The first-order valence-corrected chi connectivity index (χ1v) is 9.55. The van der Waals surface area contributed by atoms with Crippen molar-refractivity contribution in [2.45, 2.75) is 19.7 Å². The predicted octanol–water partition coefficient (Wildman–Crippen LogP) is 4.33. The van der Waals surface area contributed by atoms with Gasteiger partial charge in [0.15, 0.2) is 17.4 Å². The zero-order valence-corrected chi connectivity index (χ0v) is 16.6. The van der Waals surface area contributed by atoms with Gasteiger partial charge in [-0.15, -0.1) is 11.3 Å². The SMILES string of the molecule is Cc1nc(-c2ncccn2)sc1C(=O)OCc1nc(-c2cccc(C(F)(F)F)c2)no1.